The molecule has 23 heavy (non-hydrogen) atoms. The minimum atomic E-state index is -2.29. The highest BCUT2D eigenvalue weighted by atomic mass is 28.5. The van der Waals surface area contributed by atoms with E-state index in [1.54, 1.807) is 0 Å². The van der Waals surface area contributed by atoms with E-state index < -0.39 is 25.2 Å². The van der Waals surface area contributed by atoms with Crippen molar-refractivity contribution in [1.29, 1.82) is 0 Å². The molecule has 1 heterocycles. The first-order valence-electron chi connectivity index (χ1n) is 8.20. The molecule has 0 atom stereocenters. The van der Waals surface area contributed by atoms with Gasteiger partial charge in [0.05, 0.1) is 5.52 Å². The zero-order valence-corrected chi connectivity index (χ0v) is 18.4. The fourth-order valence-corrected chi connectivity index (χ4v) is 15.5. The smallest absolute Gasteiger partial charge is 0.318 e. The summed E-state index contributed by atoms with van der Waals surface area (Å²) in [6, 6.07) is 11.3. The largest absolute Gasteiger partial charge is 0.436 e. The van der Waals surface area contributed by atoms with Gasteiger partial charge >= 0.3 is 8.56 Å². The van der Waals surface area contributed by atoms with Gasteiger partial charge in [0.25, 0.3) is 0 Å². The molecular formula is C17H29NO2Si3. The average Bonchev–Trinajstić information content (AvgIpc) is 2.34. The zero-order valence-electron chi connectivity index (χ0n) is 15.4. The van der Waals surface area contributed by atoms with Crippen LogP contribution in [-0.4, -0.2) is 30.2 Å². The number of benzene rings is 1. The first kappa shape index (κ1) is 18.5. The molecule has 0 bridgehead atoms. The van der Waals surface area contributed by atoms with Crippen molar-refractivity contribution in [3.63, 3.8) is 0 Å². The van der Waals surface area contributed by atoms with Gasteiger partial charge in [-0.05, 0) is 57.5 Å². The van der Waals surface area contributed by atoms with Crippen LogP contribution in [0.1, 0.15) is 5.56 Å². The molecule has 3 nitrogen and oxygen atoms in total. The number of rotatable bonds is 6. The molecule has 0 aliphatic rings. The lowest BCUT2D eigenvalue weighted by atomic mass is 10.1. The third-order valence-electron chi connectivity index (χ3n) is 3.27. The van der Waals surface area contributed by atoms with E-state index in [2.05, 4.69) is 75.1 Å². The van der Waals surface area contributed by atoms with E-state index >= 15 is 0 Å². The number of nitrogens with zero attached hydrogens (tertiary/aromatic N) is 1. The molecule has 0 unspecified atom stereocenters. The van der Waals surface area contributed by atoms with Crippen molar-refractivity contribution < 1.29 is 8.23 Å². The Balaban J connectivity index is 2.40. The minimum Gasteiger partial charge on any atom is -0.436 e. The van der Waals surface area contributed by atoms with Gasteiger partial charge in [-0.15, -0.1) is 0 Å². The maximum atomic E-state index is 6.62. The van der Waals surface area contributed by atoms with Gasteiger partial charge in [-0.3, -0.25) is 4.98 Å². The summed E-state index contributed by atoms with van der Waals surface area (Å²) in [7, 11) is -5.65. The van der Waals surface area contributed by atoms with E-state index in [-0.39, 0.29) is 0 Å². The molecule has 0 saturated carbocycles. The second-order valence-corrected chi connectivity index (χ2v) is 20.9. The van der Waals surface area contributed by atoms with E-state index in [1.807, 2.05) is 12.3 Å². The van der Waals surface area contributed by atoms with Gasteiger partial charge in [0.15, 0.2) is 16.6 Å². The summed E-state index contributed by atoms with van der Waals surface area (Å²) in [6.45, 7) is 15.7. The molecule has 0 aliphatic carbocycles. The molecule has 0 amide bonds. The summed E-state index contributed by atoms with van der Waals surface area (Å²) in [6.07, 6.45) is 1.86. The summed E-state index contributed by atoms with van der Waals surface area (Å²) < 4.78 is 13.2. The molecule has 0 aliphatic heterocycles. The fourth-order valence-electron chi connectivity index (χ4n) is 3.04. The van der Waals surface area contributed by atoms with Crippen LogP contribution in [0.2, 0.25) is 45.8 Å². The van der Waals surface area contributed by atoms with Crippen LogP contribution < -0.4 is 0 Å². The molecule has 0 spiro atoms. The van der Waals surface area contributed by atoms with Crippen molar-refractivity contribution >= 4 is 36.1 Å². The Kier molecular flexibility index (Phi) is 5.32. The number of para-hydroxylation sites is 1. The van der Waals surface area contributed by atoms with Crippen molar-refractivity contribution in [2.75, 3.05) is 0 Å². The highest BCUT2D eigenvalue weighted by Gasteiger charge is 2.40. The molecule has 0 N–H and O–H groups in total. The standard InChI is InChI=1S/C17H29NO2Si3/c1-21(2,3)19-23(7,20-22(4,5)6)14-16-11-8-10-15-12-9-13-18-17(15)16/h8-13H,14H2,1-7H3. The summed E-state index contributed by atoms with van der Waals surface area (Å²) >= 11 is 0. The van der Waals surface area contributed by atoms with Crippen LogP contribution in [0.3, 0.4) is 0 Å². The molecule has 126 valence electrons. The van der Waals surface area contributed by atoms with Crippen molar-refractivity contribution in [1.82, 2.24) is 4.98 Å². The number of hydrogen-bond acceptors (Lipinski definition) is 3. The molecular weight excluding hydrogens is 334 g/mol. The number of fused-ring (bicyclic) bond motifs is 1. The second kappa shape index (κ2) is 6.60. The number of aromatic nitrogens is 1. The molecule has 0 fully saturated rings. The Morgan fingerprint density at radius 2 is 1.39 bits per heavy atom. The predicted octanol–water partition coefficient (Wildman–Crippen LogP) is 5.09. The summed E-state index contributed by atoms with van der Waals surface area (Å²) in [5, 5.41) is 1.18. The Labute approximate surface area is 143 Å². The maximum Gasteiger partial charge on any atom is 0.318 e. The van der Waals surface area contributed by atoms with E-state index in [0.29, 0.717) is 0 Å². The topological polar surface area (TPSA) is 31.4 Å². The van der Waals surface area contributed by atoms with E-state index in [4.69, 9.17) is 8.23 Å². The lowest BCUT2D eigenvalue weighted by molar-refractivity contribution is 0.383. The van der Waals surface area contributed by atoms with Gasteiger partial charge in [0.2, 0.25) is 0 Å². The van der Waals surface area contributed by atoms with Gasteiger partial charge in [0.1, 0.15) is 0 Å². The van der Waals surface area contributed by atoms with E-state index in [1.165, 1.54) is 10.9 Å². The fraction of sp³-hybridized carbons (Fsp3) is 0.471. The number of pyridine rings is 1. The van der Waals surface area contributed by atoms with Crippen LogP contribution in [0, 0.1) is 0 Å². The average molecular weight is 364 g/mol. The van der Waals surface area contributed by atoms with Gasteiger partial charge in [-0.25, -0.2) is 0 Å². The summed E-state index contributed by atoms with van der Waals surface area (Å²) in [5.41, 5.74) is 2.32. The van der Waals surface area contributed by atoms with E-state index in [0.717, 1.165) is 11.6 Å². The third kappa shape index (κ3) is 5.65. The van der Waals surface area contributed by atoms with Crippen molar-refractivity contribution in [2.24, 2.45) is 0 Å². The number of hydrogen-bond donors (Lipinski definition) is 0. The highest BCUT2D eigenvalue weighted by Crippen LogP contribution is 2.27. The van der Waals surface area contributed by atoms with Crippen molar-refractivity contribution in [3.8, 4) is 0 Å². The molecule has 6 heteroatoms. The van der Waals surface area contributed by atoms with Crippen molar-refractivity contribution in [2.45, 2.75) is 51.9 Å². The first-order chi connectivity index (χ1) is 10.5. The van der Waals surface area contributed by atoms with Gasteiger partial charge in [-0.1, -0.05) is 24.3 Å². The Hall–Kier alpha value is -0.799. The first-order valence-corrected chi connectivity index (χ1v) is 17.5. The molecule has 1 aromatic heterocycles. The Morgan fingerprint density at radius 1 is 0.826 bits per heavy atom. The van der Waals surface area contributed by atoms with Crippen LogP contribution in [0.5, 0.6) is 0 Å². The van der Waals surface area contributed by atoms with Crippen LogP contribution in [-0.2, 0) is 14.3 Å². The van der Waals surface area contributed by atoms with Gasteiger partial charge in [-0.2, -0.15) is 0 Å². The monoisotopic (exact) mass is 363 g/mol. The second-order valence-electron chi connectivity index (χ2n) is 8.23. The summed E-state index contributed by atoms with van der Waals surface area (Å²) in [5.74, 6) is 0. The maximum absolute atomic E-state index is 6.62. The predicted molar refractivity (Wildman–Crippen MR) is 106 cm³/mol. The Morgan fingerprint density at radius 3 is 1.96 bits per heavy atom. The normalized spacial score (nSPS) is 13.5. The van der Waals surface area contributed by atoms with Crippen LogP contribution >= 0.6 is 0 Å². The lowest BCUT2D eigenvalue weighted by Gasteiger charge is -2.38. The molecule has 0 saturated heterocycles. The van der Waals surface area contributed by atoms with Crippen molar-refractivity contribution in [3.05, 3.63) is 42.1 Å². The molecule has 1 aromatic carbocycles. The zero-order chi connectivity index (χ0) is 17.3. The lowest BCUT2D eigenvalue weighted by Crippen LogP contribution is -2.54. The van der Waals surface area contributed by atoms with Crippen LogP contribution in [0.4, 0.5) is 0 Å². The third-order valence-corrected chi connectivity index (χ3v) is 12.6. The quantitative estimate of drug-likeness (QED) is 0.670. The van der Waals surface area contributed by atoms with Gasteiger partial charge in [0, 0.05) is 17.6 Å². The van der Waals surface area contributed by atoms with Gasteiger partial charge < -0.3 is 8.23 Å². The molecule has 2 aromatic rings. The Bertz CT molecular complexity index is 656. The van der Waals surface area contributed by atoms with Crippen LogP contribution in [0.25, 0.3) is 10.9 Å². The van der Waals surface area contributed by atoms with Crippen LogP contribution in [0.15, 0.2) is 36.5 Å². The molecule has 0 radical (unpaired) electrons. The molecule has 2 rings (SSSR count). The summed E-state index contributed by atoms with van der Waals surface area (Å²) in [4.78, 5) is 4.59. The highest BCUT2D eigenvalue weighted by molar-refractivity contribution is 6.87. The minimum absolute atomic E-state index is 0.857. The van der Waals surface area contributed by atoms with E-state index in [9.17, 15) is 0 Å². The SMILES string of the molecule is C[Si](C)(C)O[Si](C)(Cc1cccc2cccnc12)O[Si](C)(C)C.